The monoisotopic (exact) mass is 378 g/mol. The van der Waals surface area contributed by atoms with Crippen molar-refractivity contribution in [2.45, 2.75) is 51.4 Å². The Morgan fingerprint density at radius 3 is 2.18 bits per heavy atom. The molecule has 0 bridgehead atoms. The van der Waals surface area contributed by atoms with Crippen molar-refractivity contribution in [3.63, 3.8) is 0 Å². The number of fused-ring (bicyclic) bond motifs is 1. The molecule has 5 rings (SSSR count). The second kappa shape index (κ2) is 6.68. The summed E-state index contributed by atoms with van der Waals surface area (Å²) in [5.74, 6) is 5.20. The Morgan fingerprint density at radius 1 is 0.893 bits per heavy atom. The standard InChI is InChI=1S/C22H30N6/c1-22(2,3)18-9-20(25-14-24-18)28-12-16-10-27(11-17(16)13-28)19-7-8-23-21(26-19)15-5-4-6-15/h7-9,14-17H,4-6,10-13H2,1-3H3. The molecule has 0 spiro atoms. The normalized spacial score (nSPS) is 25.1. The Hall–Kier alpha value is -2.24. The SMILES string of the molecule is CC(C)(C)c1cc(N2CC3CN(c4ccnc(C5CCC5)n4)CC3C2)ncn1. The van der Waals surface area contributed by atoms with Gasteiger partial charge in [-0.15, -0.1) is 0 Å². The van der Waals surface area contributed by atoms with Crippen LogP contribution in [0.1, 0.15) is 57.5 Å². The van der Waals surface area contributed by atoms with Crippen LogP contribution in [0.2, 0.25) is 0 Å². The summed E-state index contributed by atoms with van der Waals surface area (Å²) in [5, 5.41) is 0. The summed E-state index contributed by atoms with van der Waals surface area (Å²) in [6, 6.07) is 4.26. The smallest absolute Gasteiger partial charge is 0.133 e. The van der Waals surface area contributed by atoms with Gasteiger partial charge < -0.3 is 9.80 Å². The first-order chi connectivity index (χ1) is 13.5. The summed E-state index contributed by atoms with van der Waals surface area (Å²) >= 11 is 0. The van der Waals surface area contributed by atoms with Gasteiger partial charge in [0.05, 0.1) is 5.69 Å². The number of anilines is 2. The summed E-state index contributed by atoms with van der Waals surface area (Å²) in [6.45, 7) is 10.9. The molecule has 6 nitrogen and oxygen atoms in total. The molecule has 2 aromatic heterocycles. The third kappa shape index (κ3) is 3.23. The van der Waals surface area contributed by atoms with Crippen LogP contribution in [0.5, 0.6) is 0 Å². The van der Waals surface area contributed by atoms with E-state index < -0.39 is 0 Å². The molecule has 2 aromatic rings. The van der Waals surface area contributed by atoms with Crippen LogP contribution in [-0.2, 0) is 5.41 Å². The van der Waals surface area contributed by atoms with Gasteiger partial charge >= 0.3 is 0 Å². The van der Waals surface area contributed by atoms with Crippen molar-refractivity contribution >= 4 is 11.6 Å². The van der Waals surface area contributed by atoms with E-state index in [9.17, 15) is 0 Å². The van der Waals surface area contributed by atoms with Crippen LogP contribution in [0.3, 0.4) is 0 Å². The molecule has 1 aliphatic carbocycles. The predicted octanol–water partition coefficient (Wildman–Crippen LogP) is 3.40. The van der Waals surface area contributed by atoms with Gasteiger partial charge in [-0.05, 0) is 18.9 Å². The van der Waals surface area contributed by atoms with Gasteiger partial charge in [0.1, 0.15) is 23.8 Å². The van der Waals surface area contributed by atoms with Crippen molar-refractivity contribution in [2.75, 3.05) is 36.0 Å². The van der Waals surface area contributed by atoms with Crippen LogP contribution in [0.25, 0.3) is 0 Å². The predicted molar refractivity (Wildman–Crippen MR) is 111 cm³/mol. The molecule has 4 heterocycles. The molecule has 2 unspecified atom stereocenters. The maximum Gasteiger partial charge on any atom is 0.133 e. The third-order valence-electron chi connectivity index (χ3n) is 6.69. The van der Waals surface area contributed by atoms with Gasteiger partial charge in [0.15, 0.2) is 0 Å². The number of hydrogen-bond donors (Lipinski definition) is 0. The van der Waals surface area contributed by atoms with E-state index in [-0.39, 0.29) is 5.41 Å². The summed E-state index contributed by atoms with van der Waals surface area (Å²) in [4.78, 5) is 23.4. The fraction of sp³-hybridized carbons (Fsp3) is 0.636. The van der Waals surface area contributed by atoms with Gasteiger partial charge in [0.25, 0.3) is 0 Å². The lowest BCUT2D eigenvalue weighted by molar-refractivity contribution is 0.401. The summed E-state index contributed by atoms with van der Waals surface area (Å²) in [7, 11) is 0. The molecule has 1 saturated carbocycles. The highest BCUT2D eigenvalue weighted by atomic mass is 15.3. The molecule has 2 atom stereocenters. The second-order valence-corrected chi connectivity index (χ2v) is 9.74. The van der Waals surface area contributed by atoms with E-state index in [1.54, 1.807) is 6.33 Å². The van der Waals surface area contributed by atoms with Crippen LogP contribution in [0.4, 0.5) is 11.6 Å². The maximum absolute atomic E-state index is 4.90. The van der Waals surface area contributed by atoms with Crippen LogP contribution in [0.15, 0.2) is 24.7 Å². The quantitative estimate of drug-likeness (QED) is 0.816. The molecular weight excluding hydrogens is 348 g/mol. The summed E-state index contributed by atoms with van der Waals surface area (Å²) < 4.78 is 0. The average molecular weight is 379 g/mol. The van der Waals surface area contributed by atoms with Gasteiger partial charge in [-0.3, -0.25) is 0 Å². The first kappa shape index (κ1) is 17.8. The molecule has 6 heteroatoms. The Kier molecular flexibility index (Phi) is 4.25. The Morgan fingerprint density at radius 2 is 1.57 bits per heavy atom. The minimum atomic E-state index is 0.0508. The molecule has 28 heavy (non-hydrogen) atoms. The van der Waals surface area contributed by atoms with E-state index in [1.165, 1.54) is 19.3 Å². The van der Waals surface area contributed by atoms with Crippen molar-refractivity contribution in [1.29, 1.82) is 0 Å². The van der Waals surface area contributed by atoms with E-state index in [2.05, 4.69) is 57.7 Å². The van der Waals surface area contributed by atoms with Crippen molar-refractivity contribution < 1.29 is 0 Å². The molecule has 3 fully saturated rings. The van der Waals surface area contributed by atoms with E-state index in [4.69, 9.17) is 4.98 Å². The molecule has 0 radical (unpaired) electrons. The Labute approximate surface area is 167 Å². The van der Waals surface area contributed by atoms with Gasteiger partial charge in [0, 0.05) is 61.6 Å². The van der Waals surface area contributed by atoms with Crippen LogP contribution >= 0.6 is 0 Å². The molecule has 0 aromatic carbocycles. The van der Waals surface area contributed by atoms with Gasteiger partial charge in [0.2, 0.25) is 0 Å². The fourth-order valence-corrected chi connectivity index (χ4v) is 4.70. The molecule has 3 aliphatic rings. The minimum absolute atomic E-state index is 0.0508. The highest BCUT2D eigenvalue weighted by Crippen LogP contribution is 2.37. The highest BCUT2D eigenvalue weighted by molar-refractivity contribution is 5.45. The lowest BCUT2D eigenvalue weighted by Gasteiger charge is -2.26. The van der Waals surface area contributed by atoms with Crippen LogP contribution < -0.4 is 9.80 Å². The average Bonchev–Trinajstić information content (AvgIpc) is 3.19. The molecule has 0 N–H and O–H groups in total. The zero-order chi connectivity index (χ0) is 19.3. The number of hydrogen-bond acceptors (Lipinski definition) is 6. The molecule has 2 aliphatic heterocycles. The fourth-order valence-electron chi connectivity index (χ4n) is 4.70. The number of aromatic nitrogens is 4. The summed E-state index contributed by atoms with van der Waals surface area (Å²) in [6.07, 6.45) is 7.49. The van der Waals surface area contributed by atoms with Crippen molar-refractivity contribution in [3.05, 3.63) is 36.2 Å². The third-order valence-corrected chi connectivity index (χ3v) is 6.69. The van der Waals surface area contributed by atoms with Crippen LogP contribution in [0, 0.1) is 11.8 Å². The zero-order valence-corrected chi connectivity index (χ0v) is 17.2. The minimum Gasteiger partial charge on any atom is -0.356 e. The number of nitrogens with zero attached hydrogens (tertiary/aromatic N) is 6. The van der Waals surface area contributed by atoms with Gasteiger partial charge in [-0.1, -0.05) is 27.2 Å². The lowest BCUT2D eigenvalue weighted by Crippen LogP contribution is -2.30. The van der Waals surface area contributed by atoms with Crippen LogP contribution in [-0.4, -0.2) is 46.1 Å². The van der Waals surface area contributed by atoms with Crippen molar-refractivity contribution in [3.8, 4) is 0 Å². The largest absolute Gasteiger partial charge is 0.356 e. The molecule has 2 saturated heterocycles. The first-order valence-electron chi connectivity index (χ1n) is 10.6. The molecule has 148 valence electrons. The molecule has 0 amide bonds. The zero-order valence-electron chi connectivity index (χ0n) is 17.2. The Balaban J connectivity index is 1.27. The number of rotatable bonds is 3. The van der Waals surface area contributed by atoms with E-state index in [0.29, 0.717) is 17.8 Å². The summed E-state index contributed by atoms with van der Waals surface area (Å²) in [5.41, 5.74) is 1.16. The van der Waals surface area contributed by atoms with Crippen molar-refractivity contribution in [2.24, 2.45) is 11.8 Å². The maximum atomic E-state index is 4.90. The first-order valence-corrected chi connectivity index (χ1v) is 10.6. The van der Waals surface area contributed by atoms with Crippen molar-refractivity contribution in [1.82, 2.24) is 19.9 Å². The lowest BCUT2D eigenvalue weighted by atomic mass is 9.85. The Bertz CT molecular complexity index is 842. The van der Waals surface area contributed by atoms with Gasteiger partial charge in [-0.25, -0.2) is 19.9 Å². The topological polar surface area (TPSA) is 58.0 Å². The highest BCUT2D eigenvalue weighted by Gasteiger charge is 2.41. The van der Waals surface area contributed by atoms with E-state index in [1.807, 2.05) is 6.20 Å². The molecular formula is C22H30N6. The van der Waals surface area contributed by atoms with E-state index >= 15 is 0 Å². The van der Waals surface area contributed by atoms with Gasteiger partial charge in [-0.2, -0.15) is 0 Å². The second-order valence-electron chi connectivity index (χ2n) is 9.74. The van der Waals surface area contributed by atoms with E-state index in [0.717, 1.165) is 49.3 Å².